The SMILES string of the molecule is CCCCCN(CCCCC)C1=CC(=O)/C(=C2/C(=O)C(c3ccc(N(CCCCC)CCCCC)cc3O)=C2O)C=C1. The van der Waals surface area contributed by atoms with Crippen LogP contribution < -0.4 is 4.90 Å². The van der Waals surface area contributed by atoms with Gasteiger partial charge in [-0.25, -0.2) is 0 Å². The zero-order chi connectivity index (χ0) is 30.5. The third-order valence-corrected chi connectivity index (χ3v) is 8.27. The number of carbonyl (C=O) groups excluding carboxylic acids is 2. The molecule has 0 atom stereocenters. The molecule has 0 aromatic heterocycles. The lowest BCUT2D eigenvalue weighted by molar-refractivity contribution is -0.114. The first kappa shape index (κ1) is 33.2. The quantitative estimate of drug-likeness (QED) is 0.127. The van der Waals surface area contributed by atoms with Gasteiger partial charge in [-0.2, -0.15) is 0 Å². The van der Waals surface area contributed by atoms with Gasteiger partial charge in [0.25, 0.3) is 0 Å². The molecule has 2 N–H and O–H groups in total. The van der Waals surface area contributed by atoms with Crippen molar-refractivity contribution in [3.63, 3.8) is 0 Å². The molecule has 0 saturated heterocycles. The van der Waals surface area contributed by atoms with Gasteiger partial charge in [-0.05, 0) is 50.0 Å². The third kappa shape index (κ3) is 8.39. The Morgan fingerprint density at radius 1 is 0.643 bits per heavy atom. The molecule has 230 valence electrons. The number of rotatable bonds is 19. The van der Waals surface area contributed by atoms with Gasteiger partial charge in [0, 0.05) is 60.8 Å². The molecule has 6 nitrogen and oxygen atoms in total. The molecule has 6 heteroatoms. The molecule has 0 unspecified atom stereocenters. The van der Waals surface area contributed by atoms with E-state index in [0.717, 1.165) is 115 Å². The van der Waals surface area contributed by atoms with Gasteiger partial charge in [0.05, 0.1) is 11.1 Å². The molecule has 0 amide bonds. The molecule has 0 spiro atoms. The number of anilines is 1. The molecule has 0 aliphatic heterocycles. The molecule has 1 aromatic carbocycles. The van der Waals surface area contributed by atoms with Crippen LogP contribution in [0, 0.1) is 0 Å². The topological polar surface area (TPSA) is 81.1 Å². The number of ketones is 2. The maximum Gasteiger partial charge on any atom is 0.202 e. The Bertz CT molecular complexity index is 1190. The molecular formula is C36H52N2O4. The third-order valence-electron chi connectivity index (χ3n) is 8.27. The Morgan fingerprint density at radius 2 is 1.17 bits per heavy atom. The maximum absolute atomic E-state index is 13.3. The maximum atomic E-state index is 13.3. The summed E-state index contributed by atoms with van der Waals surface area (Å²) in [6, 6.07) is 5.32. The van der Waals surface area contributed by atoms with Crippen molar-refractivity contribution in [1.29, 1.82) is 0 Å². The predicted molar refractivity (Wildman–Crippen MR) is 174 cm³/mol. The van der Waals surface area contributed by atoms with Crippen LogP contribution in [0.2, 0.25) is 0 Å². The molecule has 0 bridgehead atoms. The van der Waals surface area contributed by atoms with Crippen LogP contribution in [0.1, 0.15) is 110 Å². The predicted octanol–water partition coefficient (Wildman–Crippen LogP) is 8.43. The summed E-state index contributed by atoms with van der Waals surface area (Å²) in [7, 11) is 0. The molecule has 42 heavy (non-hydrogen) atoms. The van der Waals surface area contributed by atoms with Crippen molar-refractivity contribution in [2.75, 3.05) is 31.1 Å². The lowest BCUT2D eigenvalue weighted by Gasteiger charge is -2.29. The monoisotopic (exact) mass is 576 g/mol. The number of aliphatic hydroxyl groups excluding tert-OH is 1. The average Bonchev–Trinajstić information content (AvgIpc) is 2.98. The van der Waals surface area contributed by atoms with Gasteiger partial charge < -0.3 is 20.0 Å². The lowest BCUT2D eigenvalue weighted by Crippen LogP contribution is -2.29. The number of unbranched alkanes of at least 4 members (excludes halogenated alkanes) is 8. The first-order valence-corrected chi connectivity index (χ1v) is 16.4. The highest BCUT2D eigenvalue weighted by Crippen LogP contribution is 2.43. The zero-order valence-corrected chi connectivity index (χ0v) is 26.4. The molecule has 2 aliphatic rings. The average molecular weight is 577 g/mol. The fourth-order valence-corrected chi connectivity index (χ4v) is 5.70. The number of benzene rings is 1. The van der Waals surface area contributed by atoms with E-state index in [1.165, 1.54) is 0 Å². The lowest BCUT2D eigenvalue weighted by atomic mass is 9.79. The van der Waals surface area contributed by atoms with E-state index >= 15 is 0 Å². The van der Waals surface area contributed by atoms with Crippen LogP contribution in [0.25, 0.3) is 5.57 Å². The van der Waals surface area contributed by atoms with Crippen LogP contribution in [0.15, 0.2) is 59.0 Å². The van der Waals surface area contributed by atoms with E-state index in [0.29, 0.717) is 5.56 Å². The molecular weight excluding hydrogens is 524 g/mol. The van der Waals surface area contributed by atoms with Crippen molar-refractivity contribution in [3.8, 4) is 5.75 Å². The fourth-order valence-electron chi connectivity index (χ4n) is 5.70. The van der Waals surface area contributed by atoms with Gasteiger partial charge in [-0.1, -0.05) is 79.1 Å². The fraction of sp³-hybridized carbons (Fsp3) is 0.556. The Morgan fingerprint density at radius 3 is 1.62 bits per heavy atom. The van der Waals surface area contributed by atoms with E-state index in [9.17, 15) is 19.8 Å². The van der Waals surface area contributed by atoms with E-state index in [4.69, 9.17) is 0 Å². The zero-order valence-electron chi connectivity index (χ0n) is 26.4. The van der Waals surface area contributed by atoms with Crippen LogP contribution in [0.5, 0.6) is 5.75 Å². The number of phenolic OH excluding ortho intramolecular Hbond substituents is 1. The van der Waals surface area contributed by atoms with E-state index < -0.39 is 5.78 Å². The number of carbonyl (C=O) groups is 2. The number of phenols is 1. The van der Waals surface area contributed by atoms with Crippen molar-refractivity contribution >= 4 is 22.8 Å². The molecule has 3 rings (SSSR count). The van der Waals surface area contributed by atoms with Crippen molar-refractivity contribution in [2.24, 2.45) is 0 Å². The minimum absolute atomic E-state index is 0.0364. The van der Waals surface area contributed by atoms with Gasteiger partial charge in [0.15, 0.2) is 5.78 Å². The molecule has 1 aromatic rings. The Kier molecular flexibility index (Phi) is 13.4. The smallest absolute Gasteiger partial charge is 0.202 e. The van der Waals surface area contributed by atoms with Crippen molar-refractivity contribution in [3.05, 3.63) is 64.6 Å². The first-order valence-electron chi connectivity index (χ1n) is 16.4. The van der Waals surface area contributed by atoms with Gasteiger partial charge in [0.1, 0.15) is 11.5 Å². The number of aromatic hydroxyl groups is 1. The largest absolute Gasteiger partial charge is 0.507 e. The summed E-state index contributed by atoms with van der Waals surface area (Å²) >= 11 is 0. The summed E-state index contributed by atoms with van der Waals surface area (Å²) in [6.45, 7) is 12.3. The summed E-state index contributed by atoms with van der Waals surface area (Å²) in [5.74, 6) is -0.943. The second kappa shape index (κ2) is 17.0. The second-order valence-corrected chi connectivity index (χ2v) is 11.6. The van der Waals surface area contributed by atoms with Gasteiger partial charge >= 0.3 is 0 Å². The summed E-state index contributed by atoms with van der Waals surface area (Å²) in [5, 5.41) is 21.9. The summed E-state index contributed by atoms with van der Waals surface area (Å²) in [4.78, 5) is 31.0. The molecule has 0 saturated carbocycles. The highest BCUT2D eigenvalue weighted by atomic mass is 16.3. The molecule has 0 radical (unpaired) electrons. The molecule has 2 aliphatic carbocycles. The normalized spacial score (nSPS) is 16.6. The Hall–Kier alpha value is -3.28. The van der Waals surface area contributed by atoms with E-state index in [-0.39, 0.29) is 34.0 Å². The standard InChI is InChI=1S/C36H52N2O4/c1-5-9-13-21-37(22-14-10-6-2)27-17-19-29(31(39)25-27)33-35(41)34(36(33)42)30-20-18-28(26-32(30)40)38(23-15-11-7-3)24-16-12-8-4/h17-20,25-26,39,41H,5-16,21-24H2,1-4H3/b34-30+. The van der Waals surface area contributed by atoms with Gasteiger partial charge in [0.2, 0.25) is 5.78 Å². The van der Waals surface area contributed by atoms with Crippen molar-refractivity contribution in [2.45, 2.75) is 105 Å². The Labute approximate surface area is 253 Å². The Balaban J connectivity index is 1.81. The number of hydrogen-bond donors (Lipinski definition) is 2. The number of allylic oxidation sites excluding steroid dienone is 6. The number of Topliss-reactive ketones (excluding diaryl/α,β-unsaturated/α-hetero) is 1. The van der Waals surface area contributed by atoms with Crippen LogP contribution in [0.3, 0.4) is 0 Å². The van der Waals surface area contributed by atoms with Crippen LogP contribution in [0.4, 0.5) is 5.69 Å². The minimum atomic E-state index is -0.411. The number of nitrogens with zero attached hydrogens (tertiary/aromatic N) is 2. The van der Waals surface area contributed by atoms with Crippen LogP contribution in [-0.4, -0.2) is 52.9 Å². The summed E-state index contributed by atoms with van der Waals surface area (Å²) < 4.78 is 0. The highest BCUT2D eigenvalue weighted by molar-refractivity contribution is 6.41. The van der Waals surface area contributed by atoms with Crippen molar-refractivity contribution < 1.29 is 19.8 Å². The van der Waals surface area contributed by atoms with E-state index in [1.54, 1.807) is 24.3 Å². The van der Waals surface area contributed by atoms with Crippen LogP contribution in [-0.2, 0) is 9.59 Å². The van der Waals surface area contributed by atoms with Gasteiger partial charge in [-0.15, -0.1) is 0 Å². The summed E-state index contributed by atoms with van der Waals surface area (Å²) in [5.41, 5.74) is 2.40. The van der Waals surface area contributed by atoms with Crippen molar-refractivity contribution in [1.82, 2.24) is 4.90 Å². The second-order valence-electron chi connectivity index (χ2n) is 11.6. The first-order chi connectivity index (χ1) is 20.4. The van der Waals surface area contributed by atoms with E-state index in [2.05, 4.69) is 37.5 Å². The minimum Gasteiger partial charge on any atom is -0.507 e. The van der Waals surface area contributed by atoms with Crippen LogP contribution >= 0.6 is 0 Å². The molecule has 0 fully saturated rings. The number of aliphatic hydroxyl groups is 1. The summed E-state index contributed by atoms with van der Waals surface area (Å²) in [6.07, 6.45) is 18.6. The van der Waals surface area contributed by atoms with Gasteiger partial charge in [-0.3, -0.25) is 9.59 Å². The molecule has 0 heterocycles. The highest BCUT2D eigenvalue weighted by Gasteiger charge is 2.39. The van der Waals surface area contributed by atoms with E-state index in [1.807, 2.05) is 12.1 Å². The number of hydrogen-bond acceptors (Lipinski definition) is 6.